The summed E-state index contributed by atoms with van der Waals surface area (Å²) in [5.74, 6) is -2.93. The number of esters is 1. The Balaban J connectivity index is 1.21. The lowest BCUT2D eigenvalue weighted by Gasteiger charge is -2.27. The lowest BCUT2D eigenvalue weighted by molar-refractivity contribution is -0.154. The summed E-state index contributed by atoms with van der Waals surface area (Å²) < 4.78 is 67.2. The Hall–Kier alpha value is -3.63. The van der Waals surface area contributed by atoms with Gasteiger partial charge in [0.2, 0.25) is 5.91 Å². The Labute approximate surface area is 256 Å². The lowest BCUT2D eigenvalue weighted by Crippen LogP contribution is -2.48. The molecule has 2 unspecified atom stereocenters. The maximum atomic E-state index is 13.7. The molecule has 3 N–H and O–H groups in total. The number of pyridine rings is 1. The molecule has 1 aliphatic carbocycles. The first-order chi connectivity index (χ1) is 20.9. The van der Waals surface area contributed by atoms with Crippen molar-refractivity contribution in [1.82, 2.24) is 19.6 Å². The maximum absolute atomic E-state index is 13.7. The van der Waals surface area contributed by atoms with Crippen LogP contribution in [0.15, 0.2) is 34.8 Å². The number of fused-ring (bicyclic) bond motifs is 1. The van der Waals surface area contributed by atoms with Gasteiger partial charge in [-0.1, -0.05) is 11.3 Å². The molecule has 2 saturated heterocycles. The Bertz CT molecular complexity index is 1700. The minimum atomic E-state index is -4.20. The van der Waals surface area contributed by atoms with Gasteiger partial charge in [-0.3, -0.25) is 4.79 Å². The molecule has 16 heteroatoms. The van der Waals surface area contributed by atoms with Crippen LogP contribution in [0.4, 0.5) is 19.7 Å². The summed E-state index contributed by atoms with van der Waals surface area (Å²) in [6.07, 6.45) is 4.46. The number of carbonyl (C=O) groups is 2. The van der Waals surface area contributed by atoms with E-state index < -0.39 is 46.5 Å². The second-order valence-corrected chi connectivity index (χ2v) is 14.3. The van der Waals surface area contributed by atoms with Crippen molar-refractivity contribution in [3.63, 3.8) is 0 Å². The number of methoxy groups -OCH3 is 1. The van der Waals surface area contributed by atoms with Crippen molar-refractivity contribution < 1.29 is 36.3 Å². The van der Waals surface area contributed by atoms with E-state index in [2.05, 4.69) is 14.7 Å². The summed E-state index contributed by atoms with van der Waals surface area (Å²) in [6.45, 7) is -0.109. The van der Waals surface area contributed by atoms with Crippen LogP contribution in [0.2, 0.25) is 0 Å². The van der Waals surface area contributed by atoms with Crippen LogP contribution in [0.5, 0.6) is 5.75 Å². The van der Waals surface area contributed by atoms with Crippen LogP contribution in [0, 0.1) is 5.92 Å². The summed E-state index contributed by atoms with van der Waals surface area (Å²) >= 11 is 0.762. The molecule has 0 spiro atoms. The normalized spacial score (nSPS) is 20.8. The van der Waals surface area contributed by atoms with Crippen molar-refractivity contribution in [3.8, 4) is 5.75 Å². The van der Waals surface area contributed by atoms with Crippen molar-refractivity contribution in [1.29, 1.82) is 0 Å². The van der Waals surface area contributed by atoms with Crippen molar-refractivity contribution in [3.05, 3.63) is 36.2 Å². The molecule has 2 aliphatic heterocycles. The predicted octanol–water partition coefficient (Wildman–Crippen LogP) is 2.57. The first-order valence-electron chi connectivity index (χ1n) is 14.2. The van der Waals surface area contributed by atoms with Crippen molar-refractivity contribution in [2.24, 2.45) is 5.92 Å². The lowest BCUT2D eigenvalue weighted by atomic mass is 10.00. The maximum Gasteiger partial charge on any atom is 0.329 e. The second-order valence-electron chi connectivity index (χ2n) is 11.4. The van der Waals surface area contributed by atoms with Crippen LogP contribution in [0.25, 0.3) is 10.8 Å². The summed E-state index contributed by atoms with van der Waals surface area (Å²) in [6, 6.07) is 3.17. The molecule has 44 heavy (non-hydrogen) atoms. The number of nitrogens with zero attached hydrogens (tertiary/aromatic N) is 4. The van der Waals surface area contributed by atoms with Gasteiger partial charge in [-0.05, 0) is 54.3 Å². The third kappa shape index (κ3) is 6.28. The zero-order valence-corrected chi connectivity index (χ0v) is 25.5. The van der Waals surface area contributed by atoms with E-state index in [1.807, 2.05) is 6.07 Å². The van der Waals surface area contributed by atoms with Gasteiger partial charge in [-0.15, -0.1) is 0 Å². The molecule has 1 saturated carbocycles. The summed E-state index contributed by atoms with van der Waals surface area (Å²) in [5, 5.41) is 1.62. The Kier molecular flexibility index (Phi) is 8.09. The van der Waals surface area contributed by atoms with Crippen molar-refractivity contribution in [2.75, 3.05) is 44.0 Å². The summed E-state index contributed by atoms with van der Waals surface area (Å²) in [4.78, 5) is 37.9. The molecule has 0 bridgehead atoms. The molecule has 12 nitrogen and oxygen atoms in total. The van der Waals surface area contributed by atoms with E-state index in [0.717, 1.165) is 35.8 Å². The molecular weight excluding hydrogens is 618 g/mol. The Morgan fingerprint density at radius 1 is 1.25 bits per heavy atom. The highest BCUT2D eigenvalue weighted by atomic mass is 32.2. The van der Waals surface area contributed by atoms with Crippen LogP contribution in [0.1, 0.15) is 31.2 Å². The van der Waals surface area contributed by atoms with Crippen LogP contribution >= 0.6 is 11.3 Å². The molecule has 0 radical (unpaired) electrons. The van der Waals surface area contributed by atoms with E-state index in [0.29, 0.717) is 28.4 Å². The molecular formula is C28H32F2N6O6S2. The largest absolute Gasteiger partial charge is 0.496 e. The van der Waals surface area contributed by atoms with Gasteiger partial charge in [0.25, 0.3) is 15.9 Å². The van der Waals surface area contributed by atoms with E-state index in [9.17, 15) is 26.8 Å². The fraction of sp³-hybridized carbons (Fsp3) is 0.500. The highest BCUT2D eigenvalue weighted by Gasteiger charge is 2.43. The number of alkyl halides is 2. The van der Waals surface area contributed by atoms with E-state index in [1.54, 1.807) is 18.3 Å². The number of nitrogen functional groups attached to an aromatic ring is 1. The number of hydrogen-bond acceptors (Lipinski definition) is 11. The quantitative estimate of drug-likeness (QED) is 0.296. The van der Waals surface area contributed by atoms with Gasteiger partial charge in [-0.25, -0.2) is 32.0 Å². The van der Waals surface area contributed by atoms with Gasteiger partial charge in [-0.2, -0.15) is 4.72 Å². The first-order valence-corrected chi connectivity index (χ1v) is 16.5. The summed E-state index contributed by atoms with van der Waals surface area (Å²) in [5.41, 5.74) is 6.68. The highest BCUT2D eigenvalue weighted by Crippen LogP contribution is 2.35. The number of rotatable bonds is 11. The number of benzene rings is 1. The predicted molar refractivity (Wildman–Crippen MR) is 158 cm³/mol. The van der Waals surface area contributed by atoms with Gasteiger partial charge in [0, 0.05) is 37.5 Å². The number of halogens is 2. The number of thiazole rings is 1. The van der Waals surface area contributed by atoms with Crippen LogP contribution in [-0.2, 0) is 30.8 Å². The van der Waals surface area contributed by atoms with Crippen LogP contribution < -0.4 is 20.1 Å². The van der Waals surface area contributed by atoms with Gasteiger partial charge < -0.3 is 25.0 Å². The zero-order valence-electron chi connectivity index (χ0n) is 23.9. The number of sulfonamides is 1. The van der Waals surface area contributed by atoms with Gasteiger partial charge in [0.1, 0.15) is 23.7 Å². The number of hydrogen-bond donors (Lipinski definition) is 2. The molecule has 3 fully saturated rings. The average Bonchev–Trinajstić information content (AvgIpc) is 3.35. The number of aromatic nitrogens is 2. The molecule has 1 aromatic carbocycles. The number of nitrogens with two attached hydrogens (primary N) is 1. The smallest absolute Gasteiger partial charge is 0.329 e. The monoisotopic (exact) mass is 650 g/mol. The number of amides is 1. The van der Waals surface area contributed by atoms with Crippen LogP contribution in [-0.4, -0.2) is 86.5 Å². The van der Waals surface area contributed by atoms with Gasteiger partial charge >= 0.3 is 5.97 Å². The minimum Gasteiger partial charge on any atom is -0.496 e. The number of carbonyl (C=O) groups excluding carboxylic acids is 2. The number of likely N-dealkylation sites (tertiary alicyclic amines) is 1. The highest BCUT2D eigenvalue weighted by molar-refractivity contribution is 7.91. The molecule has 4 heterocycles. The SMILES string of the molecule is COc1cc2c(N)nccc2cc1CC(C(=O)OCC1CC1)N1CCC(NS(=O)(=O)c2cnc(N3CCC(F)(F)C3)s2)C1=O. The molecule has 2 aromatic heterocycles. The van der Waals surface area contributed by atoms with E-state index in [-0.39, 0.29) is 48.3 Å². The third-order valence-corrected chi connectivity index (χ3v) is 11.1. The number of ether oxygens (including phenoxy) is 2. The molecule has 1 amide bonds. The van der Waals surface area contributed by atoms with Crippen molar-refractivity contribution >= 4 is 55.0 Å². The molecule has 6 rings (SSSR count). The van der Waals surface area contributed by atoms with Crippen molar-refractivity contribution in [2.45, 2.75) is 54.3 Å². The topological polar surface area (TPSA) is 157 Å². The first kappa shape index (κ1) is 30.4. The van der Waals surface area contributed by atoms with E-state index >= 15 is 0 Å². The standard InChI is InChI=1S/C28H32F2N6O6S2/c1-41-22-12-19-17(4-7-32-24(19)31)10-18(22)11-21(26(38)42-14-16-2-3-16)36-8-5-20(25(36)37)34-44(39,40)23-13-33-27(43-23)35-9-6-28(29,30)15-35/h4,7,10,12-13,16,20-21,34H,2-3,5-6,8-9,11,14-15H2,1H3,(H2,31,32). The Morgan fingerprint density at radius 2 is 2.05 bits per heavy atom. The number of nitrogens with one attached hydrogen (secondary N) is 1. The Morgan fingerprint density at radius 3 is 2.75 bits per heavy atom. The average molecular weight is 651 g/mol. The molecule has 236 valence electrons. The number of anilines is 2. The second kappa shape index (κ2) is 11.7. The summed E-state index contributed by atoms with van der Waals surface area (Å²) in [7, 11) is -2.71. The minimum absolute atomic E-state index is 0.0635. The third-order valence-electron chi connectivity index (χ3n) is 8.13. The van der Waals surface area contributed by atoms with Crippen LogP contribution in [0.3, 0.4) is 0 Å². The molecule has 3 aliphatic rings. The van der Waals surface area contributed by atoms with E-state index in [4.69, 9.17) is 15.2 Å². The molecule has 2 atom stereocenters. The van der Waals surface area contributed by atoms with E-state index in [1.165, 1.54) is 16.9 Å². The zero-order chi connectivity index (χ0) is 31.2. The van der Waals surface area contributed by atoms with Gasteiger partial charge in [0.15, 0.2) is 9.34 Å². The van der Waals surface area contributed by atoms with Gasteiger partial charge in [0.05, 0.1) is 26.5 Å². The fourth-order valence-corrected chi connectivity index (χ4v) is 7.90. The molecule has 3 aromatic rings. The fourth-order valence-electron chi connectivity index (χ4n) is 5.52.